The molecule has 1 heterocycles. The molecule has 2 N–H and O–H groups in total. The fourth-order valence-corrected chi connectivity index (χ4v) is 4.08. The number of nitrogen functional groups attached to an aromatic ring is 1. The second-order valence-corrected chi connectivity index (χ2v) is 6.43. The Morgan fingerprint density at radius 2 is 2.29 bits per heavy atom. The SMILES string of the molecule is Cc1cc(Br)ccc1C1CCc2nc(N)sc21. The van der Waals surface area contributed by atoms with Gasteiger partial charge >= 0.3 is 0 Å². The molecule has 88 valence electrons. The lowest BCUT2D eigenvalue weighted by molar-refractivity contribution is 0.785. The maximum absolute atomic E-state index is 5.79. The van der Waals surface area contributed by atoms with Gasteiger partial charge in [-0.3, -0.25) is 0 Å². The van der Waals surface area contributed by atoms with E-state index in [1.165, 1.54) is 21.7 Å². The smallest absolute Gasteiger partial charge is 0.180 e. The molecule has 4 heteroatoms. The highest BCUT2D eigenvalue weighted by molar-refractivity contribution is 9.10. The van der Waals surface area contributed by atoms with Gasteiger partial charge in [0.05, 0.1) is 5.69 Å². The van der Waals surface area contributed by atoms with Crippen molar-refractivity contribution in [2.45, 2.75) is 25.7 Å². The summed E-state index contributed by atoms with van der Waals surface area (Å²) in [7, 11) is 0. The number of aromatic nitrogens is 1. The van der Waals surface area contributed by atoms with Crippen LogP contribution in [0.4, 0.5) is 5.13 Å². The van der Waals surface area contributed by atoms with Gasteiger partial charge in [0.15, 0.2) is 5.13 Å². The predicted molar refractivity (Wildman–Crippen MR) is 75.6 cm³/mol. The van der Waals surface area contributed by atoms with Crippen LogP contribution in [0, 0.1) is 6.92 Å². The second kappa shape index (κ2) is 4.10. The number of nitrogens with zero attached hydrogens (tertiary/aromatic N) is 1. The lowest BCUT2D eigenvalue weighted by atomic mass is 9.94. The number of fused-ring (bicyclic) bond motifs is 1. The molecule has 17 heavy (non-hydrogen) atoms. The first kappa shape index (κ1) is 11.2. The summed E-state index contributed by atoms with van der Waals surface area (Å²) in [4.78, 5) is 5.77. The molecular weight excluding hydrogens is 296 g/mol. The zero-order valence-corrected chi connectivity index (χ0v) is 11.9. The van der Waals surface area contributed by atoms with Crippen molar-refractivity contribution in [2.24, 2.45) is 0 Å². The maximum Gasteiger partial charge on any atom is 0.180 e. The van der Waals surface area contributed by atoms with E-state index in [2.05, 4.69) is 46.0 Å². The molecule has 1 aliphatic rings. The number of halogens is 1. The van der Waals surface area contributed by atoms with Crippen molar-refractivity contribution in [1.29, 1.82) is 0 Å². The van der Waals surface area contributed by atoms with Gasteiger partial charge < -0.3 is 5.73 Å². The van der Waals surface area contributed by atoms with E-state index in [1.54, 1.807) is 11.3 Å². The van der Waals surface area contributed by atoms with Gasteiger partial charge in [-0.15, -0.1) is 11.3 Å². The van der Waals surface area contributed by atoms with Gasteiger partial charge in [0.25, 0.3) is 0 Å². The van der Waals surface area contributed by atoms with Gasteiger partial charge in [0.2, 0.25) is 0 Å². The third kappa shape index (κ3) is 1.89. The molecule has 1 unspecified atom stereocenters. The number of thiazole rings is 1. The Morgan fingerprint density at radius 1 is 1.47 bits per heavy atom. The van der Waals surface area contributed by atoms with Crippen LogP contribution in [-0.2, 0) is 6.42 Å². The lowest BCUT2D eigenvalue weighted by Crippen LogP contribution is -1.97. The van der Waals surface area contributed by atoms with Crippen molar-refractivity contribution in [2.75, 3.05) is 5.73 Å². The van der Waals surface area contributed by atoms with Crippen LogP contribution in [0.3, 0.4) is 0 Å². The van der Waals surface area contributed by atoms with Gasteiger partial charge in [-0.1, -0.05) is 22.0 Å². The van der Waals surface area contributed by atoms with Crippen LogP contribution in [0.1, 0.15) is 34.0 Å². The Labute approximate surface area is 113 Å². The maximum atomic E-state index is 5.79. The summed E-state index contributed by atoms with van der Waals surface area (Å²) >= 11 is 5.16. The topological polar surface area (TPSA) is 38.9 Å². The standard InChI is InChI=1S/C13H13BrN2S/c1-7-6-8(14)2-3-9(7)10-4-5-11-12(10)17-13(15)16-11/h2-3,6,10H,4-5H2,1H3,(H2,15,16). The largest absolute Gasteiger partial charge is 0.375 e. The van der Waals surface area contributed by atoms with Crippen molar-refractivity contribution < 1.29 is 0 Å². The van der Waals surface area contributed by atoms with Crippen LogP contribution in [0.25, 0.3) is 0 Å². The first-order chi connectivity index (χ1) is 8.15. The van der Waals surface area contributed by atoms with E-state index in [-0.39, 0.29) is 0 Å². The minimum Gasteiger partial charge on any atom is -0.375 e. The molecule has 0 radical (unpaired) electrons. The number of nitrogens with two attached hydrogens (primary N) is 1. The summed E-state index contributed by atoms with van der Waals surface area (Å²) in [6.07, 6.45) is 2.22. The van der Waals surface area contributed by atoms with Crippen molar-refractivity contribution in [3.05, 3.63) is 44.4 Å². The molecule has 2 aromatic rings. The van der Waals surface area contributed by atoms with E-state index in [0.29, 0.717) is 11.0 Å². The van der Waals surface area contributed by atoms with Gasteiger partial charge in [-0.05, 0) is 43.0 Å². The van der Waals surface area contributed by atoms with Crippen molar-refractivity contribution in [3.8, 4) is 0 Å². The Kier molecular flexibility index (Phi) is 2.71. The average Bonchev–Trinajstić information content (AvgIpc) is 2.78. The van der Waals surface area contributed by atoms with E-state index in [0.717, 1.165) is 17.3 Å². The number of hydrogen-bond acceptors (Lipinski definition) is 3. The Hall–Kier alpha value is -0.870. The highest BCUT2D eigenvalue weighted by atomic mass is 79.9. The molecule has 2 nitrogen and oxygen atoms in total. The van der Waals surface area contributed by atoms with Crippen LogP contribution in [0.2, 0.25) is 0 Å². The quantitative estimate of drug-likeness (QED) is 0.868. The second-order valence-electron chi connectivity index (χ2n) is 4.46. The monoisotopic (exact) mass is 308 g/mol. The minimum absolute atomic E-state index is 0.493. The van der Waals surface area contributed by atoms with E-state index >= 15 is 0 Å². The van der Waals surface area contributed by atoms with Gasteiger partial charge in [-0.25, -0.2) is 4.98 Å². The van der Waals surface area contributed by atoms with Crippen LogP contribution in [0.5, 0.6) is 0 Å². The van der Waals surface area contributed by atoms with Crippen LogP contribution in [0.15, 0.2) is 22.7 Å². The Morgan fingerprint density at radius 3 is 3.06 bits per heavy atom. The molecule has 1 aromatic heterocycles. The van der Waals surface area contributed by atoms with Crippen LogP contribution in [-0.4, -0.2) is 4.98 Å². The zero-order chi connectivity index (χ0) is 12.0. The number of rotatable bonds is 1. The number of hydrogen-bond donors (Lipinski definition) is 1. The van der Waals surface area contributed by atoms with Gasteiger partial charge in [0.1, 0.15) is 0 Å². The van der Waals surface area contributed by atoms with Crippen molar-refractivity contribution in [3.63, 3.8) is 0 Å². The fourth-order valence-electron chi connectivity index (χ4n) is 2.57. The molecular formula is C13H13BrN2S. The van der Waals surface area contributed by atoms with Crippen LogP contribution < -0.4 is 5.73 Å². The molecule has 0 amide bonds. The summed E-state index contributed by atoms with van der Waals surface area (Å²) in [6, 6.07) is 6.51. The molecule has 3 rings (SSSR count). The molecule has 1 aromatic carbocycles. The molecule has 0 saturated carbocycles. The first-order valence-corrected chi connectivity index (χ1v) is 7.27. The third-order valence-corrected chi connectivity index (χ3v) is 4.87. The minimum atomic E-state index is 0.493. The van der Waals surface area contributed by atoms with E-state index in [4.69, 9.17) is 5.73 Å². The van der Waals surface area contributed by atoms with Crippen molar-refractivity contribution in [1.82, 2.24) is 4.98 Å². The van der Waals surface area contributed by atoms with Crippen molar-refractivity contribution >= 4 is 32.4 Å². The first-order valence-electron chi connectivity index (χ1n) is 5.66. The Balaban J connectivity index is 2.06. The summed E-state index contributed by atoms with van der Waals surface area (Å²) in [6.45, 7) is 2.17. The third-order valence-electron chi connectivity index (χ3n) is 3.34. The fraction of sp³-hybridized carbons (Fsp3) is 0.308. The van der Waals surface area contributed by atoms with Gasteiger partial charge in [-0.2, -0.15) is 0 Å². The van der Waals surface area contributed by atoms with Gasteiger partial charge in [0, 0.05) is 15.3 Å². The van der Waals surface area contributed by atoms with E-state index < -0.39 is 0 Å². The highest BCUT2D eigenvalue weighted by Crippen LogP contribution is 2.43. The highest BCUT2D eigenvalue weighted by Gasteiger charge is 2.28. The molecule has 1 atom stereocenters. The molecule has 1 aliphatic carbocycles. The zero-order valence-electron chi connectivity index (χ0n) is 9.53. The Bertz CT molecular complexity index is 577. The summed E-state index contributed by atoms with van der Waals surface area (Å²) in [5.74, 6) is 0.493. The molecule has 0 saturated heterocycles. The number of benzene rings is 1. The number of aryl methyl sites for hydroxylation is 2. The van der Waals surface area contributed by atoms with Crippen LogP contribution >= 0.6 is 27.3 Å². The summed E-state index contributed by atoms with van der Waals surface area (Å²) in [5, 5.41) is 0.703. The molecule has 0 bridgehead atoms. The van der Waals surface area contributed by atoms with E-state index in [1.807, 2.05) is 0 Å². The normalized spacial score (nSPS) is 18.4. The number of anilines is 1. The lowest BCUT2D eigenvalue weighted by Gasteiger charge is -2.13. The molecule has 0 aliphatic heterocycles. The predicted octanol–water partition coefficient (Wildman–Crippen LogP) is 3.87. The van der Waals surface area contributed by atoms with E-state index in [9.17, 15) is 0 Å². The molecule has 0 spiro atoms. The average molecular weight is 309 g/mol. The summed E-state index contributed by atoms with van der Waals surface area (Å²) in [5.41, 5.74) is 9.75. The summed E-state index contributed by atoms with van der Waals surface area (Å²) < 4.78 is 1.14. The molecule has 0 fully saturated rings.